The molecule has 1 aliphatic heterocycles. The summed E-state index contributed by atoms with van der Waals surface area (Å²) in [5.41, 5.74) is 1.74. The number of aromatic hydroxyl groups is 1. The van der Waals surface area contributed by atoms with Gasteiger partial charge in [0.2, 0.25) is 0 Å². The van der Waals surface area contributed by atoms with E-state index >= 15 is 0 Å². The quantitative estimate of drug-likeness (QED) is 0.618. The summed E-state index contributed by atoms with van der Waals surface area (Å²) in [5.74, 6) is -0.623. The number of halogens is 1. The number of carbonyl (C=O) groups excluding carboxylic acids is 2. The van der Waals surface area contributed by atoms with Gasteiger partial charge in [0.15, 0.2) is 5.17 Å². The lowest BCUT2D eigenvalue weighted by Gasteiger charge is -2.07. The molecule has 1 heterocycles. The van der Waals surface area contributed by atoms with E-state index in [4.69, 9.17) is 11.6 Å². The number of aliphatic imine (C=N–C) groups is 1. The fraction of sp³-hybridized carbons (Fsp3) is 0.105. The summed E-state index contributed by atoms with van der Waals surface area (Å²) in [6, 6.07) is 11.3. The standard InChI is InChI=1S/C19H15ClN2O4S/c1-22-17(24)16(10-11-3-8-15(23)14(20)9-11)27-19(22)21-13-6-4-12(5-7-13)18(25)26-2/h3-10,23H,1-2H3. The summed E-state index contributed by atoms with van der Waals surface area (Å²) < 4.78 is 4.66. The lowest BCUT2D eigenvalue weighted by Crippen LogP contribution is -2.23. The number of ether oxygens (including phenoxy) is 1. The molecule has 0 bridgehead atoms. The van der Waals surface area contributed by atoms with Crippen LogP contribution in [-0.2, 0) is 9.53 Å². The third-order valence-corrected chi connectivity index (χ3v) is 5.15. The molecule has 1 fully saturated rings. The van der Waals surface area contributed by atoms with E-state index in [1.54, 1.807) is 49.5 Å². The molecule has 2 aromatic carbocycles. The van der Waals surface area contributed by atoms with Crippen LogP contribution >= 0.6 is 23.4 Å². The van der Waals surface area contributed by atoms with Crippen LogP contribution in [0.4, 0.5) is 5.69 Å². The molecular weight excluding hydrogens is 388 g/mol. The Kier molecular flexibility index (Phi) is 5.53. The van der Waals surface area contributed by atoms with Gasteiger partial charge in [-0.05, 0) is 59.8 Å². The van der Waals surface area contributed by atoms with E-state index in [-0.39, 0.29) is 16.7 Å². The number of hydrogen-bond acceptors (Lipinski definition) is 6. The zero-order valence-corrected chi connectivity index (χ0v) is 16.0. The minimum Gasteiger partial charge on any atom is -0.506 e. The van der Waals surface area contributed by atoms with Crippen molar-refractivity contribution in [2.75, 3.05) is 14.2 Å². The molecule has 1 saturated heterocycles. The van der Waals surface area contributed by atoms with Gasteiger partial charge in [-0.2, -0.15) is 0 Å². The lowest BCUT2D eigenvalue weighted by atomic mass is 10.2. The number of amides is 1. The molecule has 0 radical (unpaired) electrons. The largest absolute Gasteiger partial charge is 0.506 e. The third kappa shape index (κ3) is 4.15. The van der Waals surface area contributed by atoms with Crippen molar-refractivity contribution in [1.82, 2.24) is 4.90 Å². The van der Waals surface area contributed by atoms with Crippen molar-refractivity contribution in [1.29, 1.82) is 0 Å². The summed E-state index contributed by atoms with van der Waals surface area (Å²) in [6.07, 6.45) is 1.69. The molecule has 1 N–H and O–H groups in total. The normalized spacial score (nSPS) is 17.0. The average molecular weight is 403 g/mol. The molecule has 0 unspecified atom stereocenters. The molecule has 0 atom stereocenters. The van der Waals surface area contributed by atoms with Gasteiger partial charge in [-0.3, -0.25) is 9.69 Å². The summed E-state index contributed by atoms with van der Waals surface area (Å²) >= 11 is 7.14. The predicted molar refractivity (Wildman–Crippen MR) is 106 cm³/mol. The first kappa shape index (κ1) is 19.0. The molecule has 27 heavy (non-hydrogen) atoms. The van der Waals surface area contributed by atoms with Gasteiger partial charge < -0.3 is 9.84 Å². The lowest BCUT2D eigenvalue weighted by molar-refractivity contribution is -0.121. The molecule has 0 aromatic heterocycles. The molecule has 0 spiro atoms. The Bertz CT molecular complexity index is 970. The van der Waals surface area contributed by atoms with Crippen molar-refractivity contribution in [3.8, 4) is 5.75 Å². The van der Waals surface area contributed by atoms with Crippen LogP contribution in [-0.4, -0.2) is 41.2 Å². The molecule has 0 aliphatic carbocycles. The maximum absolute atomic E-state index is 12.5. The van der Waals surface area contributed by atoms with Gasteiger partial charge in [0.1, 0.15) is 5.75 Å². The van der Waals surface area contributed by atoms with Crippen LogP contribution in [0.15, 0.2) is 52.4 Å². The molecule has 3 rings (SSSR count). The number of esters is 1. The molecule has 2 aromatic rings. The van der Waals surface area contributed by atoms with E-state index in [2.05, 4.69) is 9.73 Å². The molecule has 8 heteroatoms. The van der Waals surface area contributed by atoms with E-state index in [9.17, 15) is 14.7 Å². The molecule has 1 amide bonds. The zero-order chi connectivity index (χ0) is 19.6. The van der Waals surface area contributed by atoms with Gasteiger partial charge in [-0.25, -0.2) is 9.79 Å². The van der Waals surface area contributed by atoms with Gasteiger partial charge in [-0.15, -0.1) is 0 Å². The number of amidine groups is 1. The Morgan fingerprint density at radius 2 is 1.96 bits per heavy atom. The van der Waals surface area contributed by atoms with E-state index < -0.39 is 5.97 Å². The highest BCUT2D eigenvalue weighted by Gasteiger charge is 2.30. The number of nitrogens with zero attached hydrogens (tertiary/aromatic N) is 2. The average Bonchev–Trinajstić information content (AvgIpc) is 2.92. The number of carbonyl (C=O) groups is 2. The van der Waals surface area contributed by atoms with Gasteiger partial charge in [0, 0.05) is 7.05 Å². The Balaban J connectivity index is 1.84. The van der Waals surface area contributed by atoms with Crippen molar-refractivity contribution >= 4 is 52.2 Å². The van der Waals surface area contributed by atoms with Crippen LogP contribution in [0.25, 0.3) is 6.08 Å². The van der Waals surface area contributed by atoms with Crippen molar-refractivity contribution < 1.29 is 19.4 Å². The molecule has 138 valence electrons. The van der Waals surface area contributed by atoms with Crippen molar-refractivity contribution in [2.24, 2.45) is 4.99 Å². The highest BCUT2D eigenvalue weighted by atomic mass is 35.5. The Labute approximate surface area is 165 Å². The maximum atomic E-state index is 12.5. The van der Waals surface area contributed by atoms with Crippen LogP contribution in [0.2, 0.25) is 5.02 Å². The number of phenols is 1. The van der Waals surface area contributed by atoms with Crippen molar-refractivity contribution in [3.63, 3.8) is 0 Å². The number of rotatable bonds is 3. The number of likely N-dealkylation sites (N-methyl/N-ethyl adjacent to an activating group) is 1. The summed E-state index contributed by atoms with van der Waals surface area (Å²) in [7, 11) is 2.96. The van der Waals surface area contributed by atoms with Crippen LogP contribution in [0, 0.1) is 0 Å². The van der Waals surface area contributed by atoms with Crippen LogP contribution in [0.3, 0.4) is 0 Å². The zero-order valence-electron chi connectivity index (χ0n) is 14.5. The summed E-state index contributed by atoms with van der Waals surface area (Å²) in [5, 5.41) is 10.2. The van der Waals surface area contributed by atoms with Gasteiger partial charge >= 0.3 is 5.97 Å². The Morgan fingerprint density at radius 3 is 2.59 bits per heavy atom. The second kappa shape index (κ2) is 7.85. The Hall–Kier alpha value is -2.77. The van der Waals surface area contributed by atoms with E-state index in [1.807, 2.05) is 0 Å². The minimum absolute atomic E-state index is 0.0148. The molecular formula is C19H15ClN2O4S. The van der Waals surface area contributed by atoms with E-state index in [0.29, 0.717) is 26.9 Å². The number of hydrogen-bond donors (Lipinski definition) is 1. The predicted octanol–water partition coefficient (Wildman–Crippen LogP) is 4.07. The minimum atomic E-state index is -0.422. The van der Waals surface area contributed by atoms with Crippen LogP contribution < -0.4 is 0 Å². The molecule has 6 nitrogen and oxygen atoms in total. The Morgan fingerprint density at radius 1 is 1.26 bits per heavy atom. The number of thioether (sulfide) groups is 1. The van der Waals surface area contributed by atoms with Gasteiger partial charge in [0.05, 0.1) is 28.3 Å². The second-order valence-corrected chi connectivity index (χ2v) is 7.03. The van der Waals surface area contributed by atoms with Gasteiger partial charge in [-0.1, -0.05) is 17.7 Å². The summed E-state index contributed by atoms with van der Waals surface area (Å²) in [4.78, 5) is 30.3. The first-order chi connectivity index (χ1) is 12.9. The van der Waals surface area contributed by atoms with Gasteiger partial charge in [0.25, 0.3) is 5.91 Å². The number of phenolic OH excluding ortho intramolecular Hbond substituents is 1. The monoisotopic (exact) mass is 402 g/mol. The van der Waals surface area contributed by atoms with Crippen LogP contribution in [0.5, 0.6) is 5.75 Å². The fourth-order valence-corrected chi connectivity index (χ4v) is 3.49. The summed E-state index contributed by atoms with van der Waals surface area (Å²) in [6.45, 7) is 0. The first-order valence-corrected chi connectivity index (χ1v) is 9.01. The van der Waals surface area contributed by atoms with Crippen LogP contribution in [0.1, 0.15) is 15.9 Å². The fourth-order valence-electron chi connectivity index (χ4n) is 2.32. The SMILES string of the molecule is COC(=O)c1ccc(N=C2SC(=Cc3ccc(O)c(Cl)c3)C(=O)N2C)cc1. The number of methoxy groups -OCH3 is 1. The molecule has 1 aliphatic rings. The maximum Gasteiger partial charge on any atom is 0.337 e. The smallest absolute Gasteiger partial charge is 0.337 e. The second-order valence-electron chi connectivity index (χ2n) is 5.62. The highest BCUT2D eigenvalue weighted by molar-refractivity contribution is 8.18. The topological polar surface area (TPSA) is 79.2 Å². The molecule has 0 saturated carbocycles. The first-order valence-electron chi connectivity index (χ1n) is 7.82. The number of benzene rings is 2. The van der Waals surface area contributed by atoms with E-state index in [0.717, 1.165) is 0 Å². The van der Waals surface area contributed by atoms with Crippen molar-refractivity contribution in [2.45, 2.75) is 0 Å². The highest BCUT2D eigenvalue weighted by Crippen LogP contribution is 2.34. The van der Waals surface area contributed by atoms with E-state index in [1.165, 1.54) is 29.8 Å². The van der Waals surface area contributed by atoms with Crippen molar-refractivity contribution in [3.05, 3.63) is 63.5 Å². The third-order valence-electron chi connectivity index (χ3n) is 3.79.